The number of aromatic nitrogens is 1. The lowest BCUT2D eigenvalue weighted by atomic mass is 10.0. The molecule has 18 heavy (non-hydrogen) atoms. The van der Waals surface area contributed by atoms with Crippen LogP contribution in [-0.2, 0) is 6.42 Å². The van der Waals surface area contributed by atoms with Crippen molar-refractivity contribution in [3.8, 4) is 0 Å². The van der Waals surface area contributed by atoms with Gasteiger partial charge < -0.3 is 0 Å². The van der Waals surface area contributed by atoms with E-state index in [0.29, 0.717) is 6.42 Å². The van der Waals surface area contributed by atoms with Gasteiger partial charge in [0, 0.05) is 6.42 Å². The van der Waals surface area contributed by atoms with Crippen molar-refractivity contribution in [2.24, 2.45) is 0 Å². The fourth-order valence-corrected chi connectivity index (χ4v) is 2.83. The highest BCUT2D eigenvalue weighted by Crippen LogP contribution is 2.20. The molecular formula is C15H17NOS. The Hall–Kier alpha value is -1.48. The third-order valence-electron chi connectivity index (χ3n) is 3.09. The molecule has 0 fully saturated rings. The Kier molecular flexibility index (Phi) is 3.62. The van der Waals surface area contributed by atoms with E-state index in [0.717, 1.165) is 21.1 Å². The first-order chi connectivity index (χ1) is 8.47. The molecule has 0 unspecified atom stereocenters. The zero-order chi connectivity index (χ0) is 13.3. The topological polar surface area (TPSA) is 30.0 Å². The molecule has 0 aliphatic rings. The van der Waals surface area contributed by atoms with E-state index < -0.39 is 0 Å². The molecule has 0 saturated carbocycles. The van der Waals surface area contributed by atoms with E-state index in [-0.39, 0.29) is 5.78 Å². The molecule has 0 saturated heterocycles. The molecule has 94 valence electrons. The van der Waals surface area contributed by atoms with Gasteiger partial charge in [-0.25, -0.2) is 4.98 Å². The summed E-state index contributed by atoms with van der Waals surface area (Å²) in [5.41, 5.74) is 4.42. The number of rotatable bonds is 3. The molecule has 0 radical (unpaired) electrons. The average molecular weight is 259 g/mol. The highest BCUT2D eigenvalue weighted by atomic mass is 32.1. The van der Waals surface area contributed by atoms with Crippen molar-refractivity contribution in [3.05, 3.63) is 50.5 Å². The maximum absolute atomic E-state index is 12.2. The van der Waals surface area contributed by atoms with Gasteiger partial charge in [-0.1, -0.05) is 18.2 Å². The number of carbonyl (C=O) groups is 1. The monoisotopic (exact) mass is 259 g/mol. The highest BCUT2D eigenvalue weighted by Gasteiger charge is 2.14. The van der Waals surface area contributed by atoms with Gasteiger partial charge in [-0.2, -0.15) is 0 Å². The zero-order valence-electron chi connectivity index (χ0n) is 11.2. The van der Waals surface area contributed by atoms with E-state index in [1.54, 1.807) is 0 Å². The molecule has 0 bridgehead atoms. The Morgan fingerprint density at radius 3 is 2.44 bits per heavy atom. The number of nitrogens with zero attached hydrogens (tertiary/aromatic N) is 1. The normalized spacial score (nSPS) is 10.7. The molecule has 0 atom stereocenters. The summed E-state index contributed by atoms with van der Waals surface area (Å²) in [6.07, 6.45) is 0.462. The number of benzene rings is 1. The molecule has 1 aromatic heterocycles. The molecule has 2 aromatic rings. The first kappa shape index (κ1) is 13.0. The minimum atomic E-state index is 0.168. The van der Waals surface area contributed by atoms with Crippen LogP contribution >= 0.6 is 11.3 Å². The minimum Gasteiger partial charge on any atom is -0.293 e. The molecule has 3 heteroatoms. The van der Waals surface area contributed by atoms with Crippen molar-refractivity contribution in [1.82, 2.24) is 4.98 Å². The van der Waals surface area contributed by atoms with Gasteiger partial charge in [0.25, 0.3) is 0 Å². The van der Waals surface area contributed by atoms with Crippen LogP contribution in [0, 0.1) is 27.7 Å². The van der Waals surface area contributed by atoms with E-state index in [2.05, 4.69) is 31.0 Å². The number of hydrogen-bond acceptors (Lipinski definition) is 3. The molecule has 0 amide bonds. The van der Waals surface area contributed by atoms with E-state index in [9.17, 15) is 4.79 Å². The Labute approximate surface area is 112 Å². The molecule has 0 aliphatic heterocycles. The molecule has 0 spiro atoms. The summed E-state index contributed by atoms with van der Waals surface area (Å²) in [7, 11) is 0. The second-order valence-corrected chi connectivity index (χ2v) is 5.87. The van der Waals surface area contributed by atoms with Gasteiger partial charge in [0.05, 0.1) is 15.6 Å². The molecular weight excluding hydrogens is 242 g/mol. The van der Waals surface area contributed by atoms with E-state index in [1.807, 2.05) is 19.9 Å². The number of ketones is 1. The summed E-state index contributed by atoms with van der Waals surface area (Å²) >= 11 is 1.49. The number of Topliss-reactive ketones (excluding diaryl/α,β-unsaturated/α-hetero) is 1. The van der Waals surface area contributed by atoms with Crippen molar-refractivity contribution in [1.29, 1.82) is 0 Å². The van der Waals surface area contributed by atoms with Crippen LogP contribution in [0.15, 0.2) is 18.2 Å². The Morgan fingerprint density at radius 1 is 1.17 bits per heavy atom. The molecule has 1 heterocycles. The molecule has 2 rings (SSSR count). The summed E-state index contributed by atoms with van der Waals surface area (Å²) in [6.45, 7) is 7.99. The second kappa shape index (κ2) is 5.02. The third-order valence-corrected chi connectivity index (χ3v) is 4.21. The summed E-state index contributed by atoms with van der Waals surface area (Å²) in [6, 6.07) is 6.20. The lowest BCUT2D eigenvalue weighted by molar-refractivity contribution is 0.0996. The number of thiazole rings is 1. The van der Waals surface area contributed by atoms with Gasteiger partial charge >= 0.3 is 0 Å². The summed E-state index contributed by atoms with van der Waals surface area (Å²) in [4.78, 5) is 17.3. The van der Waals surface area contributed by atoms with Crippen LogP contribution in [0.1, 0.15) is 37.1 Å². The van der Waals surface area contributed by atoms with Crippen LogP contribution in [0.4, 0.5) is 0 Å². The second-order valence-electron chi connectivity index (χ2n) is 4.67. The van der Waals surface area contributed by atoms with Crippen LogP contribution in [-0.4, -0.2) is 10.8 Å². The van der Waals surface area contributed by atoms with Crippen molar-refractivity contribution < 1.29 is 4.79 Å². The van der Waals surface area contributed by atoms with Gasteiger partial charge in [0.15, 0.2) is 5.78 Å². The van der Waals surface area contributed by atoms with Crippen molar-refractivity contribution >= 4 is 17.1 Å². The number of aryl methyl sites for hydroxylation is 4. The van der Waals surface area contributed by atoms with Crippen LogP contribution in [0.2, 0.25) is 0 Å². The lowest BCUT2D eigenvalue weighted by Crippen LogP contribution is -2.03. The number of carbonyl (C=O) groups excluding carboxylic acids is 1. The van der Waals surface area contributed by atoms with Gasteiger partial charge in [-0.3, -0.25) is 4.79 Å². The zero-order valence-corrected chi connectivity index (χ0v) is 12.0. The lowest BCUT2D eigenvalue weighted by Gasteiger charge is -2.04. The van der Waals surface area contributed by atoms with Gasteiger partial charge in [0.2, 0.25) is 0 Å². The van der Waals surface area contributed by atoms with E-state index >= 15 is 0 Å². The van der Waals surface area contributed by atoms with Crippen molar-refractivity contribution in [2.45, 2.75) is 34.1 Å². The smallest absolute Gasteiger partial charge is 0.179 e. The number of hydrogen-bond donors (Lipinski definition) is 0. The Bertz CT molecular complexity index is 599. The SMILES string of the molecule is Cc1nc(C)c(C(=O)Cc2ccc(C)c(C)c2)s1. The van der Waals surface area contributed by atoms with Crippen LogP contribution < -0.4 is 0 Å². The minimum absolute atomic E-state index is 0.168. The predicted molar refractivity (Wildman–Crippen MR) is 75.5 cm³/mol. The Balaban J connectivity index is 2.21. The third kappa shape index (κ3) is 2.67. The average Bonchev–Trinajstić information content (AvgIpc) is 2.63. The fraction of sp³-hybridized carbons (Fsp3) is 0.333. The largest absolute Gasteiger partial charge is 0.293 e. The molecule has 0 aliphatic carbocycles. The van der Waals surface area contributed by atoms with Crippen LogP contribution in [0.25, 0.3) is 0 Å². The summed E-state index contributed by atoms with van der Waals surface area (Å²) in [5.74, 6) is 0.168. The van der Waals surface area contributed by atoms with Gasteiger partial charge in [-0.05, 0) is 44.4 Å². The van der Waals surface area contributed by atoms with Crippen molar-refractivity contribution in [3.63, 3.8) is 0 Å². The highest BCUT2D eigenvalue weighted by molar-refractivity contribution is 7.13. The van der Waals surface area contributed by atoms with Gasteiger partial charge in [0.1, 0.15) is 0 Å². The van der Waals surface area contributed by atoms with E-state index in [4.69, 9.17) is 0 Å². The maximum atomic E-state index is 12.2. The van der Waals surface area contributed by atoms with Crippen molar-refractivity contribution in [2.75, 3.05) is 0 Å². The molecule has 1 aromatic carbocycles. The first-order valence-electron chi connectivity index (χ1n) is 6.00. The van der Waals surface area contributed by atoms with Crippen LogP contribution in [0.5, 0.6) is 0 Å². The predicted octanol–water partition coefficient (Wildman–Crippen LogP) is 3.80. The van der Waals surface area contributed by atoms with E-state index in [1.165, 1.54) is 22.5 Å². The molecule has 0 N–H and O–H groups in total. The molecule has 2 nitrogen and oxygen atoms in total. The maximum Gasteiger partial charge on any atom is 0.179 e. The van der Waals surface area contributed by atoms with Crippen LogP contribution in [0.3, 0.4) is 0 Å². The summed E-state index contributed by atoms with van der Waals surface area (Å²) < 4.78 is 0. The summed E-state index contributed by atoms with van der Waals surface area (Å²) in [5, 5.41) is 0.955. The first-order valence-corrected chi connectivity index (χ1v) is 6.82. The fourth-order valence-electron chi connectivity index (χ4n) is 1.97. The Morgan fingerprint density at radius 2 is 1.89 bits per heavy atom. The standard InChI is InChI=1S/C15H17NOS/c1-9-5-6-13(7-10(9)2)8-14(17)15-11(3)16-12(4)18-15/h5-7H,8H2,1-4H3. The van der Waals surface area contributed by atoms with Gasteiger partial charge in [-0.15, -0.1) is 11.3 Å². The quantitative estimate of drug-likeness (QED) is 0.785.